The zero-order chi connectivity index (χ0) is 12.2. The molecule has 16 heavy (non-hydrogen) atoms. The number of likely N-dealkylation sites (N-methyl/N-ethyl adjacent to an activating group) is 1. The highest BCUT2D eigenvalue weighted by Gasteiger charge is 2.25. The number of hydrogen-bond acceptors (Lipinski definition) is 4. The van der Waals surface area contributed by atoms with Gasteiger partial charge in [-0.25, -0.2) is 4.98 Å². The zero-order valence-electron chi connectivity index (χ0n) is 10.8. The minimum atomic E-state index is -0.229. The highest BCUT2D eigenvalue weighted by atomic mass is 32.1. The van der Waals surface area contributed by atoms with E-state index in [-0.39, 0.29) is 5.54 Å². The van der Waals surface area contributed by atoms with Crippen molar-refractivity contribution in [2.24, 2.45) is 5.73 Å². The SMILES string of the molecule is CCC(N)(CC)c1csc(CCN(C)C)n1. The Morgan fingerprint density at radius 3 is 2.50 bits per heavy atom. The van der Waals surface area contributed by atoms with Crippen LogP contribution in [0.1, 0.15) is 37.4 Å². The van der Waals surface area contributed by atoms with Crippen molar-refractivity contribution in [2.75, 3.05) is 20.6 Å². The van der Waals surface area contributed by atoms with Gasteiger partial charge in [0.1, 0.15) is 0 Å². The van der Waals surface area contributed by atoms with Crippen molar-refractivity contribution in [1.29, 1.82) is 0 Å². The van der Waals surface area contributed by atoms with Gasteiger partial charge in [0.25, 0.3) is 0 Å². The second-order valence-electron chi connectivity index (χ2n) is 4.54. The molecule has 2 N–H and O–H groups in total. The molecule has 0 aromatic carbocycles. The predicted octanol–water partition coefficient (Wildman–Crippen LogP) is 2.22. The number of aromatic nitrogens is 1. The maximum Gasteiger partial charge on any atom is 0.0941 e. The minimum Gasteiger partial charge on any atom is -0.320 e. The van der Waals surface area contributed by atoms with Gasteiger partial charge in [-0.05, 0) is 26.9 Å². The molecule has 1 aromatic heterocycles. The predicted molar refractivity (Wildman–Crippen MR) is 70.8 cm³/mol. The third kappa shape index (κ3) is 3.27. The summed E-state index contributed by atoms with van der Waals surface area (Å²) in [5.74, 6) is 0. The quantitative estimate of drug-likeness (QED) is 0.830. The molecule has 0 aliphatic carbocycles. The van der Waals surface area contributed by atoms with Crippen LogP contribution in [0, 0.1) is 0 Å². The van der Waals surface area contributed by atoms with Gasteiger partial charge in [-0.3, -0.25) is 0 Å². The Balaban J connectivity index is 2.70. The van der Waals surface area contributed by atoms with E-state index < -0.39 is 0 Å². The summed E-state index contributed by atoms with van der Waals surface area (Å²) in [5.41, 5.74) is 7.16. The van der Waals surface area contributed by atoms with E-state index in [2.05, 4.69) is 43.2 Å². The van der Waals surface area contributed by atoms with Crippen LogP contribution in [0.4, 0.5) is 0 Å². The summed E-state index contributed by atoms with van der Waals surface area (Å²) in [6, 6.07) is 0. The van der Waals surface area contributed by atoms with Crippen LogP contribution in [0.5, 0.6) is 0 Å². The van der Waals surface area contributed by atoms with Crippen molar-refractivity contribution in [3.63, 3.8) is 0 Å². The van der Waals surface area contributed by atoms with Gasteiger partial charge in [-0.15, -0.1) is 11.3 Å². The lowest BCUT2D eigenvalue weighted by Crippen LogP contribution is -2.35. The zero-order valence-corrected chi connectivity index (χ0v) is 11.6. The van der Waals surface area contributed by atoms with Crippen molar-refractivity contribution in [2.45, 2.75) is 38.6 Å². The molecule has 0 saturated carbocycles. The first-order valence-electron chi connectivity index (χ1n) is 5.90. The van der Waals surface area contributed by atoms with Crippen LogP contribution in [0.3, 0.4) is 0 Å². The molecule has 0 bridgehead atoms. The summed E-state index contributed by atoms with van der Waals surface area (Å²) in [7, 11) is 4.17. The maximum atomic E-state index is 6.32. The van der Waals surface area contributed by atoms with Gasteiger partial charge in [0, 0.05) is 18.3 Å². The molecule has 1 aromatic rings. The molecule has 0 aliphatic rings. The van der Waals surface area contributed by atoms with Gasteiger partial charge in [-0.1, -0.05) is 13.8 Å². The van der Waals surface area contributed by atoms with E-state index in [0.717, 1.165) is 31.5 Å². The summed E-state index contributed by atoms with van der Waals surface area (Å²) in [4.78, 5) is 6.84. The summed E-state index contributed by atoms with van der Waals surface area (Å²) >= 11 is 1.73. The lowest BCUT2D eigenvalue weighted by atomic mass is 9.91. The molecule has 0 spiro atoms. The smallest absolute Gasteiger partial charge is 0.0941 e. The number of rotatable bonds is 6. The standard InChI is InChI=1S/C12H23N3S/c1-5-12(13,6-2)10-9-16-11(14-10)7-8-15(3)4/h9H,5-8,13H2,1-4H3. The molecule has 0 atom stereocenters. The number of nitrogens with zero attached hydrogens (tertiary/aromatic N) is 2. The van der Waals surface area contributed by atoms with E-state index >= 15 is 0 Å². The molecule has 1 rings (SSSR count). The number of hydrogen-bond donors (Lipinski definition) is 1. The van der Waals surface area contributed by atoms with Gasteiger partial charge in [0.2, 0.25) is 0 Å². The van der Waals surface area contributed by atoms with Crippen LogP contribution in [-0.2, 0) is 12.0 Å². The summed E-state index contributed by atoms with van der Waals surface area (Å²) in [6.45, 7) is 5.30. The van der Waals surface area contributed by atoms with Gasteiger partial charge >= 0.3 is 0 Å². The highest BCUT2D eigenvalue weighted by molar-refractivity contribution is 7.09. The Bertz CT molecular complexity index is 316. The van der Waals surface area contributed by atoms with Crippen molar-refractivity contribution in [3.05, 3.63) is 16.1 Å². The molecule has 0 saturated heterocycles. The minimum absolute atomic E-state index is 0.229. The Kier molecular flexibility index (Phi) is 4.89. The Labute approximate surface area is 103 Å². The van der Waals surface area contributed by atoms with Gasteiger partial charge in [0.15, 0.2) is 0 Å². The largest absolute Gasteiger partial charge is 0.320 e. The fraction of sp³-hybridized carbons (Fsp3) is 0.750. The van der Waals surface area contributed by atoms with Crippen LogP contribution >= 0.6 is 11.3 Å². The van der Waals surface area contributed by atoms with E-state index in [1.807, 2.05) is 0 Å². The van der Waals surface area contributed by atoms with Crippen LogP contribution in [0.25, 0.3) is 0 Å². The normalized spacial score (nSPS) is 12.4. The molecule has 0 fully saturated rings. The Hall–Kier alpha value is -0.450. The van der Waals surface area contributed by atoms with Crippen molar-refractivity contribution >= 4 is 11.3 Å². The first kappa shape index (κ1) is 13.6. The van der Waals surface area contributed by atoms with Gasteiger partial charge < -0.3 is 10.6 Å². The molecule has 0 radical (unpaired) electrons. The number of thiazole rings is 1. The van der Waals surface area contributed by atoms with Gasteiger partial charge in [-0.2, -0.15) is 0 Å². The lowest BCUT2D eigenvalue weighted by Gasteiger charge is -2.24. The topological polar surface area (TPSA) is 42.1 Å². The van der Waals surface area contributed by atoms with E-state index in [4.69, 9.17) is 5.73 Å². The van der Waals surface area contributed by atoms with Crippen molar-refractivity contribution in [1.82, 2.24) is 9.88 Å². The molecule has 0 unspecified atom stereocenters. The van der Waals surface area contributed by atoms with Crippen LogP contribution < -0.4 is 5.73 Å². The average molecular weight is 241 g/mol. The fourth-order valence-electron chi connectivity index (χ4n) is 1.59. The monoisotopic (exact) mass is 241 g/mol. The lowest BCUT2D eigenvalue weighted by molar-refractivity contribution is 0.398. The summed E-state index contributed by atoms with van der Waals surface area (Å²) in [6.07, 6.45) is 2.90. The molecule has 3 nitrogen and oxygen atoms in total. The van der Waals surface area contributed by atoms with Crippen LogP contribution in [0.15, 0.2) is 5.38 Å². The molecular formula is C12H23N3S. The number of nitrogens with two attached hydrogens (primary N) is 1. The Morgan fingerprint density at radius 1 is 1.38 bits per heavy atom. The Morgan fingerprint density at radius 2 is 2.00 bits per heavy atom. The molecule has 92 valence electrons. The van der Waals surface area contributed by atoms with Crippen molar-refractivity contribution < 1.29 is 0 Å². The molecule has 4 heteroatoms. The van der Waals surface area contributed by atoms with Crippen LogP contribution in [0.2, 0.25) is 0 Å². The first-order valence-corrected chi connectivity index (χ1v) is 6.78. The molecule has 0 aliphatic heterocycles. The second-order valence-corrected chi connectivity index (χ2v) is 5.49. The third-order valence-corrected chi connectivity index (χ3v) is 4.01. The average Bonchev–Trinajstić information content (AvgIpc) is 2.74. The van der Waals surface area contributed by atoms with E-state index in [1.165, 1.54) is 5.01 Å². The fourth-order valence-corrected chi connectivity index (χ4v) is 2.48. The third-order valence-electron chi connectivity index (χ3n) is 3.10. The van der Waals surface area contributed by atoms with E-state index in [9.17, 15) is 0 Å². The second kappa shape index (κ2) is 5.75. The molecule has 0 amide bonds. The van der Waals surface area contributed by atoms with Crippen LogP contribution in [-0.4, -0.2) is 30.5 Å². The maximum absolute atomic E-state index is 6.32. The summed E-state index contributed by atoms with van der Waals surface area (Å²) < 4.78 is 0. The first-order chi connectivity index (χ1) is 7.51. The molecule has 1 heterocycles. The van der Waals surface area contributed by atoms with Crippen molar-refractivity contribution in [3.8, 4) is 0 Å². The molecular weight excluding hydrogens is 218 g/mol. The summed E-state index contributed by atoms with van der Waals surface area (Å²) in [5, 5.41) is 3.32. The highest BCUT2D eigenvalue weighted by Crippen LogP contribution is 2.26. The van der Waals surface area contributed by atoms with Gasteiger partial charge in [0.05, 0.1) is 16.2 Å². The van der Waals surface area contributed by atoms with E-state index in [0.29, 0.717) is 0 Å². The van der Waals surface area contributed by atoms with E-state index in [1.54, 1.807) is 11.3 Å².